The number of carbonyl (C=O) groups excluding carboxylic acids is 1. The molecule has 1 aliphatic rings. The number of aliphatic hydroxyl groups excluding tert-OH is 1. The van der Waals surface area contributed by atoms with Crippen molar-refractivity contribution in [1.82, 2.24) is 14.9 Å². The van der Waals surface area contributed by atoms with Crippen LogP contribution in [0.3, 0.4) is 0 Å². The lowest BCUT2D eigenvalue weighted by atomic mass is 10.1. The molecule has 2 heterocycles. The van der Waals surface area contributed by atoms with Gasteiger partial charge in [-0.25, -0.2) is 9.78 Å². The van der Waals surface area contributed by atoms with Crippen molar-refractivity contribution in [3.8, 4) is 11.4 Å². The Kier molecular flexibility index (Phi) is 5.04. The Morgan fingerprint density at radius 2 is 2.07 bits per heavy atom. The van der Waals surface area contributed by atoms with E-state index in [1.807, 2.05) is 48.5 Å². The summed E-state index contributed by atoms with van der Waals surface area (Å²) in [5, 5.41) is 12.3. The number of H-pyrrole nitrogens is 1. The predicted molar refractivity (Wildman–Crippen MR) is 104 cm³/mol. The van der Waals surface area contributed by atoms with Crippen molar-refractivity contribution >= 4 is 22.8 Å². The number of fused-ring (bicyclic) bond motifs is 1. The van der Waals surface area contributed by atoms with E-state index in [-0.39, 0.29) is 18.6 Å². The quantitative estimate of drug-likeness (QED) is 0.665. The summed E-state index contributed by atoms with van der Waals surface area (Å²) in [6.07, 6.45) is 0. The number of hydrogen-bond acceptors (Lipinski definition) is 4. The Morgan fingerprint density at radius 1 is 1.26 bits per heavy atom. The van der Waals surface area contributed by atoms with Gasteiger partial charge in [0.1, 0.15) is 5.82 Å². The summed E-state index contributed by atoms with van der Waals surface area (Å²) in [4.78, 5) is 22.1. The summed E-state index contributed by atoms with van der Waals surface area (Å²) in [7, 11) is 0. The van der Waals surface area contributed by atoms with Gasteiger partial charge >= 0.3 is 6.03 Å². The Hall–Kier alpha value is -2.90. The fraction of sp³-hybridized carbons (Fsp3) is 0.300. The third kappa shape index (κ3) is 3.94. The SMILES string of the molecule is O=C(Nc1ccc(-c2nc3ccccc3[nH]2)cc1)N1CCOC[C@@H](CO)C1. The van der Waals surface area contributed by atoms with Crippen LogP contribution in [0.25, 0.3) is 22.4 Å². The molecule has 4 rings (SSSR count). The maximum atomic E-state index is 12.5. The number of urea groups is 1. The van der Waals surface area contributed by atoms with Crippen LogP contribution in [0.2, 0.25) is 0 Å². The molecule has 2 amide bonds. The van der Waals surface area contributed by atoms with Crippen molar-refractivity contribution in [1.29, 1.82) is 0 Å². The Labute approximate surface area is 157 Å². The second-order valence-corrected chi connectivity index (χ2v) is 6.68. The zero-order chi connectivity index (χ0) is 18.6. The van der Waals surface area contributed by atoms with E-state index in [0.29, 0.717) is 32.0 Å². The highest BCUT2D eigenvalue weighted by Gasteiger charge is 2.22. The molecule has 1 aromatic heterocycles. The summed E-state index contributed by atoms with van der Waals surface area (Å²) in [6.45, 7) is 1.97. The van der Waals surface area contributed by atoms with Crippen LogP contribution in [0.5, 0.6) is 0 Å². The first-order valence-corrected chi connectivity index (χ1v) is 9.02. The summed E-state index contributed by atoms with van der Waals surface area (Å²) >= 11 is 0. The Bertz CT molecular complexity index is 889. The Morgan fingerprint density at radius 3 is 2.85 bits per heavy atom. The van der Waals surface area contributed by atoms with Gasteiger partial charge in [0.05, 0.1) is 24.2 Å². The molecule has 0 spiro atoms. The van der Waals surface area contributed by atoms with Crippen molar-refractivity contribution in [2.24, 2.45) is 5.92 Å². The van der Waals surface area contributed by atoms with E-state index in [4.69, 9.17) is 4.74 Å². The largest absolute Gasteiger partial charge is 0.396 e. The van der Waals surface area contributed by atoms with Crippen molar-refractivity contribution in [3.05, 3.63) is 48.5 Å². The van der Waals surface area contributed by atoms with Gasteiger partial charge in [-0.2, -0.15) is 0 Å². The number of nitrogens with zero attached hydrogens (tertiary/aromatic N) is 2. The molecule has 3 N–H and O–H groups in total. The molecule has 0 aliphatic carbocycles. The number of ether oxygens (including phenoxy) is 1. The third-order valence-electron chi connectivity index (χ3n) is 4.68. The smallest absolute Gasteiger partial charge is 0.321 e. The second-order valence-electron chi connectivity index (χ2n) is 6.68. The maximum absolute atomic E-state index is 12.5. The molecule has 0 radical (unpaired) electrons. The van der Waals surface area contributed by atoms with Crippen LogP contribution in [0.4, 0.5) is 10.5 Å². The van der Waals surface area contributed by atoms with Gasteiger partial charge in [0.25, 0.3) is 0 Å². The molecule has 7 heteroatoms. The summed E-state index contributed by atoms with van der Waals surface area (Å²) in [6, 6.07) is 15.3. The van der Waals surface area contributed by atoms with Crippen LogP contribution in [0.15, 0.2) is 48.5 Å². The van der Waals surface area contributed by atoms with Gasteiger partial charge in [-0.15, -0.1) is 0 Å². The molecule has 0 saturated carbocycles. The zero-order valence-electron chi connectivity index (χ0n) is 14.9. The highest BCUT2D eigenvalue weighted by atomic mass is 16.5. The lowest BCUT2D eigenvalue weighted by molar-refractivity contribution is 0.0958. The van der Waals surface area contributed by atoms with E-state index < -0.39 is 0 Å². The molecule has 0 bridgehead atoms. The number of hydrogen-bond donors (Lipinski definition) is 3. The maximum Gasteiger partial charge on any atom is 0.321 e. The molecular formula is C20H22N4O3. The Balaban J connectivity index is 1.45. The molecule has 1 atom stereocenters. The van der Waals surface area contributed by atoms with Gasteiger partial charge in [0.15, 0.2) is 0 Å². The van der Waals surface area contributed by atoms with Gasteiger partial charge in [-0.3, -0.25) is 0 Å². The highest BCUT2D eigenvalue weighted by molar-refractivity contribution is 5.89. The first-order chi connectivity index (χ1) is 13.2. The monoisotopic (exact) mass is 366 g/mol. The van der Waals surface area contributed by atoms with E-state index in [1.54, 1.807) is 4.90 Å². The van der Waals surface area contributed by atoms with E-state index >= 15 is 0 Å². The minimum Gasteiger partial charge on any atom is -0.396 e. The number of aromatic amines is 1. The molecule has 140 valence electrons. The van der Waals surface area contributed by atoms with Gasteiger partial charge < -0.3 is 25.0 Å². The minimum absolute atomic E-state index is 0.00990. The predicted octanol–water partition coefficient (Wildman–Crippen LogP) is 2.70. The number of carbonyl (C=O) groups is 1. The number of aromatic nitrogens is 2. The first kappa shape index (κ1) is 17.5. The van der Waals surface area contributed by atoms with Gasteiger partial charge in [-0.05, 0) is 36.4 Å². The van der Waals surface area contributed by atoms with Crippen molar-refractivity contribution < 1.29 is 14.6 Å². The van der Waals surface area contributed by atoms with Crippen molar-refractivity contribution in [3.63, 3.8) is 0 Å². The molecule has 1 aliphatic heterocycles. The summed E-state index contributed by atoms with van der Waals surface area (Å²) < 4.78 is 5.43. The number of amides is 2. The average Bonchev–Trinajstić information content (AvgIpc) is 2.98. The zero-order valence-corrected chi connectivity index (χ0v) is 14.9. The number of aliphatic hydroxyl groups is 1. The second kappa shape index (κ2) is 7.77. The summed E-state index contributed by atoms with van der Waals surface area (Å²) in [5.74, 6) is 0.748. The average molecular weight is 366 g/mol. The van der Waals surface area contributed by atoms with Crippen LogP contribution < -0.4 is 5.32 Å². The molecular weight excluding hydrogens is 344 g/mol. The van der Waals surface area contributed by atoms with Gasteiger partial charge in [0, 0.05) is 36.9 Å². The minimum atomic E-state index is -0.185. The van der Waals surface area contributed by atoms with E-state index in [9.17, 15) is 9.90 Å². The van der Waals surface area contributed by atoms with Crippen LogP contribution in [-0.2, 0) is 4.74 Å². The number of anilines is 1. The molecule has 1 fully saturated rings. The van der Waals surface area contributed by atoms with Crippen LogP contribution in [0, 0.1) is 5.92 Å². The third-order valence-corrected chi connectivity index (χ3v) is 4.68. The van der Waals surface area contributed by atoms with E-state index in [0.717, 1.165) is 22.4 Å². The fourth-order valence-corrected chi connectivity index (χ4v) is 3.18. The molecule has 7 nitrogen and oxygen atoms in total. The standard InChI is InChI=1S/C20H22N4O3/c25-12-14-11-24(9-10-27-13-14)20(26)21-16-7-5-15(6-8-16)19-22-17-3-1-2-4-18(17)23-19/h1-8,14,25H,9-13H2,(H,21,26)(H,22,23)/t14-/m1/s1. The fourth-order valence-electron chi connectivity index (χ4n) is 3.18. The van der Waals surface area contributed by atoms with Crippen LogP contribution in [-0.4, -0.2) is 58.9 Å². The van der Waals surface area contributed by atoms with Crippen LogP contribution >= 0.6 is 0 Å². The highest BCUT2D eigenvalue weighted by Crippen LogP contribution is 2.22. The molecule has 2 aromatic carbocycles. The summed E-state index contributed by atoms with van der Waals surface area (Å²) in [5.41, 5.74) is 3.58. The number of rotatable bonds is 3. The normalized spacial score (nSPS) is 17.7. The molecule has 27 heavy (non-hydrogen) atoms. The lowest BCUT2D eigenvalue weighted by Gasteiger charge is -2.23. The number of nitrogens with one attached hydrogen (secondary N) is 2. The number of imidazole rings is 1. The molecule has 1 saturated heterocycles. The molecule has 3 aromatic rings. The first-order valence-electron chi connectivity index (χ1n) is 9.02. The van der Waals surface area contributed by atoms with Crippen molar-refractivity contribution in [2.75, 3.05) is 38.2 Å². The van der Waals surface area contributed by atoms with E-state index in [1.165, 1.54) is 0 Å². The van der Waals surface area contributed by atoms with Crippen LogP contribution in [0.1, 0.15) is 0 Å². The lowest BCUT2D eigenvalue weighted by Crippen LogP contribution is -2.39. The van der Waals surface area contributed by atoms with Gasteiger partial charge in [-0.1, -0.05) is 12.1 Å². The van der Waals surface area contributed by atoms with Crippen molar-refractivity contribution in [2.45, 2.75) is 0 Å². The molecule has 0 unspecified atom stereocenters. The number of para-hydroxylation sites is 2. The van der Waals surface area contributed by atoms with E-state index in [2.05, 4.69) is 15.3 Å². The number of benzene rings is 2. The topological polar surface area (TPSA) is 90.5 Å². The van der Waals surface area contributed by atoms with Gasteiger partial charge in [0.2, 0.25) is 0 Å².